The normalized spacial score (nSPS) is 17.0. The molecular formula is C40H45NO3. The van der Waals surface area contributed by atoms with Crippen LogP contribution >= 0.6 is 0 Å². The average Bonchev–Trinajstić information content (AvgIpc) is 2.95. The number of nitrogens with zero attached hydrogens (tertiary/aromatic N) is 1. The van der Waals surface area contributed by atoms with Crippen LogP contribution in [-0.4, -0.2) is 18.9 Å². The van der Waals surface area contributed by atoms with Crippen molar-refractivity contribution in [1.29, 1.82) is 0 Å². The summed E-state index contributed by atoms with van der Waals surface area (Å²) >= 11 is 0. The molecule has 0 heterocycles. The predicted octanol–water partition coefficient (Wildman–Crippen LogP) is 10.1. The third-order valence-electron chi connectivity index (χ3n) is 7.94. The molecule has 0 bridgehead atoms. The summed E-state index contributed by atoms with van der Waals surface area (Å²) in [5.41, 5.74) is 9.39. The van der Waals surface area contributed by atoms with Gasteiger partial charge in [0.25, 0.3) is 5.91 Å². The van der Waals surface area contributed by atoms with Crippen molar-refractivity contribution < 1.29 is 14.3 Å². The van der Waals surface area contributed by atoms with Crippen molar-refractivity contribution in [3.05, 3.63) is 132 Å². The number of carbonyl (C=O) groups excluding carboxylic acids is 2. The smallest absolute Gasteiger partial charge is 0.308 e. The number of carbonyl (C=O) groups is 2. The van der Waals surface area contributed by atoms with Crippen molar-refractivity contribution in [1.82, 2.24) is 0 Å². The Labute approximate surface area is 263 Å². The minimum absolute atomic E-state index is 0.000105. The number of rotatable bonds is 5. The molecule has 2 aliphatic carbocycles. The molecule has 5 rings (SSSR count). The van der Waals surface area contributed by atoms with Gasteiger partial charge in [0.1, 0.15) is 5.75 Å². The first-order valence-electron chi connectivity index (χ1n) is 15.2. The molecule has 4 heteroatoms. The molecular weight excluding hydrogens is 542 g/mol. The second kappa shape index (κ2) is 13.5. The van der Waals surface area contributed by atoms with Gasteiger partial charge >= 0.3 is 5.97 Å². The van der Waals surface area contributed by atoms with E-state index >= 15 is 0 Å². The van der Waals surface area contributed by atoms with Crippen LogP contribution in [0.5, 0.6) is 5.75 Å². The van der Waals surface area contributed by atoms with Crippen LogP contribution in [0, 0.1) is 10.8 Å². The fraction of sp³-hybridized carbons (Fsp3) is 0.300. The zero-order valence-electron chi connectivity index (χ0n) is 27.1. The van der Waals surface area contributed by atoms with Crippen molar-refractivity contribution in [3.63, 3.8) is 0 Å². The Balaban J connectivity index is 0.000000209. The van der Waals surface area contributed by atoms with E-state index in [2.05, 4.69) is 53.0 Å². The van der Waals surface area contributed by atoms with Crippen molar-refractivity contribution in [2.75, 3.05) is 11.9 Å². The van der Waals surface area contributed by atoms with Crippen LogP contribution in [0.3, 0.4) is 0 Å². The summed E-state index contributed by atoms with van der Waals surface area (Å²) < 4.78 is 5.04. The van der Waals surface area contributed by atoms with Gasteiger partial charge in [-0.3, -0.25) is 9.59 Å². The summed E-state index contributed by atoms with van der Waals surface area (Å²) in [6.45, 7) is 18.7. The van der Waals surface area contributed by atoms with Crippen LogP contribution in [0.1, 0.15) is 81.8 Å². The van der Waals surface area contributed by atoms with E-state index in [-0.39, 0.29) is 22.7 Å². The molecule has 0 unspecified atom stereocenters. The van der Waals surface area contributed by atoms with E-state index < -0.39 is 0 Å². The Morgan fingerprint density at radius 2 is 1.14 bits per heavy atom. The second-order valence-corrected chi connectivity index (χ2v) is 13.6. The van der Waals surface area contributed by atoms with Crippen molar-refractivity contribution in [2.24, 2.45) is 10.8 Å². The van der Waals surface area contributed by atoms with E-state index in [1.807, 2.05) is 85.9 Å². The number of ether oxygens (including phenoxy) is 1. The molecule has 0 spiro atoms. The number of amides is 1. The molecule has 0 N–H and O–H groups in total. The largest absolute Gasteiger partial charge is 0.427 e. The Morgan fingerprint density at radius 1 is 0.682 bits per heavy atom. The number of para-hydroxylation sites is 1. The number of anilines is 1. The summed E-state index contributed by atoms with van der Waals surface area (Å²) in [7, 11) is 1.81. The molecule has 4 nitrogen and oxygen atoms in total. The maximum absolute atomic E-state index is 12.7. The number of benzene rings is 3. The molecule has 0 radical (unpaired) electrons. The minimum Gasteiger partial charge on any atom is -0.427 e. The molecule has 44 heavy (non-hydrogen) atoms. The molecule has 0 saturated carbocycles. The molecule has 3 aromatic carbocycles. The van der Waals surface area contributed by atoms with Crippen molar-refractivity contribution in [2.45, 2.75) is 60.3 Å². The van der Waals surface area contributed by atoms with E-state index in [9.17, 15) is 9.59 Å². The lowest BCUT2D eigenvalue weighted by Crippen LogP contribution is -2.26. The molecule has 1 amide bonds. The van der Waals surface area contributed by atoms with Crippen LogP contribution in [0.2, 0.25) is 0 Å². The van der Waals surface area contributed by atoms with Crippen LogP contribution in [0.4, 0.5) is 5.69 Å². The SMILES string of the molecule is C=C1C=C(c2ccc(C(=O)N(C)c3ccccc3)cc2)CC(C)(C)C1.C=C1C=C(c2ccc(OC(C)=O)cc2)CC(C)(C)C1. The molecule has 228 valence electrons. The Hall–Kier alpha value is -4.44. The Morgan fingerprint density at radius 3 is 1.57 bits per heavy atom. The van der Waals surface area contributed by atoms with Gasteiger partial charge in [-0.15, -0.1) is 0 Å². The van der Waals surface area contributed by atoms with E-state index in [1.54, 1.807) is 4.90 Å². The minimum atomic E-state index is -0.292. The van der Waals surface area contributed by atoms with Crippen molar-refractivity contribution >= 4 is 28.7 Å². The molecule has 3 aromatic rings. The van der Waals surface area contributed by atoms with Crippen LogP contribution in [0.15, 0.2) is 115 Å². The summed E-state index contributed by atoms with van der Waals surface area (Å²) in [5, 5.41) is 0. The summed E-state index contributed by atoms with van der Waals surface area (Å²) in [6.07, 6.45) is 8.52. The van der Waals surface area contributed by atoms with Gasteiger partial charge in [0.15, 0.2) is 0 Å². The van der Waals surface area contributed by atoms with Gasteiger partial charge in [-0.05, 0) is 95.2 Å². The standard InChI is InChI=1S/C23H25NO.C17H20O2/c1-17-14-20(16-23(2,3)15-17)18-10-12-19(13-11-18)22(25)24(4)21-8-6-5-7-9-21;1-12-9-15(11-17(3,4)10-12)14-5-7-16(8-6-14)19-13(2)18/h5-14H,1,15-16H2,2-4H3;5-9H,1,10-11H2,2-4H3. The number of hydrogen-bond acceptors (Lipinski definition) is 3. The zero-order chi connectivity index (χ0) is 32.1. The number of hydrogen-bond donors (Lipinski definition) is 0. The van der Waals surface area contributed by atoms with Gasteiger partial charge in [-0.25, -0.2) is 0 Å². The monoisotopic (exact) mass is 587 g/mol. The highest BCUT2D eigenvalue weighted by atomic mass is 16.5. The molecule has 0 aliphatic heterocycles. The topological polar surface area (TPSA) is 46.6 Å². The summed E-state index contributed by atoms with van der Waals surface area (Å²) in [6, 6.07) is 25.3. The second-order valence-electron chi connectivity index (χ2n) is 13.6. The average molecular weight is 588 g/mol. The third-order valence-corrected chi connectivity index (χ3v) is 7.94. The maximum atomic E-state index is 12.7. The van der Waals surface area contributed by atoms with Gasteiger partial charge in [-0.2, -0.15) is 0 Å². The molecule has 2 aliphatic rings. The fourth-order valence-electron chi connectivity index (χ4n) is 6.15. The molecule has 0 aromatic heterocycles. The predicted molar refractivity (Wildman–Crippen MR) is 184 cm³/mol. The van der Waals surface area contributed by atoms with E-state index in [1.165, 1.54) is 40.3 Å². The van der Waals surface area contributed by atoms with Crippen molar-refractivity contribution in [3.8, 4) is 5.75 Å². The molecule has 0 saturated heterocycles. The third kappa shape index (κ3) is 8.79. The van der Waals surface area contributed by atoms with Gasteiger partial charge in [0.05, 0.1) is 0 Å². The highest BCUT2D eigenvalue weighted by Gasteiger charge is 2.26. The van der Waals surface area contributed by atoms with Gasteiger partial charge in [-0.1, -0.05) is 107 Å². The van der Waals surface area contributed by atoms with Crippen LogP contribution < -0.4 is 9.64 Å². The lowest BCUT2D eigenvalue weighted by atomic mass is 9.74. The van der Waals surface area contributed by atoms with Gasteiger partial charge in [0, 0.05) is 25.2 Å². The Kier molecular flexibility index (Phi) is 9.94. The molecule has 0 fully saturated rings. The highest BCUT2D eigenvalue weighted by molar-refractivity contribution is 6.05. The summed E-state index contributed by atoms with van der Waals surface area (Å²) in [4.78, 5) is 25.2. The van der Waals surface area contributed by atoms with E-state index in [0.29, 0.717) is 11.3 Å². The lowest BCUT2D eigenvalue weighted by Gasteiger charge is -2.31. The van der Waals surface area contributed by atoms with E-state index in [0.717, 1.165) is 31.4 Å². The first-order chi connectivity index (χ1) is 20.7. The molecule has 0 atom stereocenters. The van der Waals surface area contributed by atoms with Crippen LogP contribution in [-0.2, 0) is 4.79 Å². The number of esters is 1. The Bertz CT molecular complexity index is 1590. The van der Waals surface area contributed by atoms with E-state index in [4.69, 9.17) is 4.74 Å². The first-order valence-corrected chi connectivity index (χ1v) is 15.2. The van der Waals surface area contributed by atoms with Crippen LogP contribution in [0.25, 0.3) is 11.1 Å². The zero-order valence-corrected chi connectivity index (χ0v) is 27.1. The fourth-order valence-corrected chi connectivity index (χ4v) is 6.15. The quantitative estimate of drug-likeness (QED) is 0.220. The first kappa shape index (κ1) is 32.5. The highest BCUT2D eigenvalue weighted by Crippen LogP contribution is 2.42. The van der Waals surface area contributed by atoms with Gasteiger partial charge < -0.3 is 9.64 Å². The van der Waals surface area contributed by atoms with Gasteiger partial charge in [0.2, 0.25) is 0 Å². The lowest BCUT2D eigenvalue weighted by molar-refractivity contribution is -0.131. The maximum Gasteiger partial charge on any atom is 0.308 e. The summed E-state index contributed by atoms with van der Waals surface area (Å²) in [5.74, 6) is 0.296. The number of allylic oxidation sites excluding steroid dienone is 6.